The highest BCUT2D eigenvalue weighted by molar-refractivity contribution is 6.32. The Morgan fingerprint density at radius 3 is 1.53 bits per heavy atom. The van der Waals surface area contributed by atoms with Gasteiger partial charge in [0.2, 0.25) is 5.78 Å². The molecule has 8 heteroatoms. The SMILES string of the molecule is NCCCC(=O)O.O=C(O)CCC(=O)C(=O)O. The van der Waals surface area contributed by atoms with Crippen LogP contribution in [0.3, 0.4) is 0 Å². The maximum absolute atomic E-state index is 10.2. The van der Waals surface area contributed by atoms with Crippen molar-refractivity contribution in [2.75, 3.05) is 6.54 Å². The quantitative estimate of drug-likeness (QED) is 0.432. The van der Waals surface area contributed by atoms with Crippen LogP contribution in [0.1, 0.15) is 25.7 Å². The van der Waals surface area contributed by atoms with Crippen LogP contribution in [-0.2, 0) is 19.2 Å². The Kier molecular flexibility index (Phi) is 10.8. The maximum atomic E-state index is 10.2. The molecule has 0 saturated heterocycles. The van der Waals surface area contributed by atoms with Crippen LogP contribution in [0.4, 0.5) is 0 Å². The highest BCUT2D eigenvalue weighted by Crippen LogP contribution is 1.90. The fourth-order valence-corrected chi connectivity index (χ4v) is 0.581. The van der Waals surface area contributed by atoms with Crippen molar-refractivity contribution in [1.29, 1.82) is 0 Å². The van der Waals surface area contributed by atoms with Crippen molar-refractivity contribution in [3.63, 3.8) is 0 Å². The van der Waals surface area contributed by atoms with Gasteiger partial charge in [-0.3, -0.25) is 14.4 Å². The molecule has 0 bridgehead atoms. The molecular weight excluding hydrogens is 234 g/mol. The Labute approximate surface area is 97.0 Å². The number of ketones is 1. The first-order valence-corrected chi connectivity index (χ1v) is 4.71. The third-order valence-corrected chi connectivity index (χ3v) is 1.40. The van der Waals surface area contributed by atoms with Gasteiger partial charge in [0.05, 0.1) is 6.42 Å². The van der Waals surface area contributed by atoms with Gasteiger partial charge >= 0.3 is 17.9 Å². The van der Waals surface area contributed by atoms with Crippen molar-refractivity contribution in [2.45, 2.75) is 25.7 Å². The van der Waals surface area contributed by atoms with Crippen molar-refractivity contribution in [1.82, 2.24) is 0 Å². The van der Waals surface area contributed by atoms with Gasteiger partial charge in [0.25, 0.3) is 0 Å². The van der Waals surface area contributed by atoms with E-state index in [4.69, 9.17) is 21.1 Å². The number of carboxylic acid groups (broad SMARTS) is 3. The van der Waals surface area contributed by atoms with Crippen molar-refractivity contribution < 1.29 is 34.5 Å². The summed E-state index contributed by atoms with van der Waals surface area (Å²) in [7, 11) is 0. The minimum Gasteiger partial charge on any atom is -0.481 e. The van der Waals surface area contributed by atoms with E-state index in [1.807, 2.05) is 0 Å². The van der Waals surface area contributed by atoms with Gasteiger partial charge in [-0.15, -0.1) is 0 Å². The Morgan fingerprint density at radius 1 is 0.824 bits per heavy atom. The Bertz CT molecular complexity index is 287. The second kappa shape index (κ2) is 10.6. The molecule has 0 rings (SSSR count). The van der Waals surface area contributed by atoms with Gasteiger partial charge in [-0.1, -0.05) is 0 Å². The molecule has 0 aliphatic heterocycles. The summed E-state index contributed by atoms with van der Waals surface area (Å²) in [5.74, 6) is -4.59. The number of Topliss-reactive ketones (excluding diaryl/α,β-unsaturated/α-hetero) is 1. The number of carbonyl (C=O) groups excluding carboxylic acids is 1. The second-order valence-corrected chi connectivity index (χ2v) is 2.91. The molecule has 98 valence electrons. The fourth-order valence-electron chi connectivity index (χ4n) is 0.581. The van der Waals surface area contributed by atoms with Gasteiger partial charge in [0.15, 0.2) is 0 Å². The number of nitrogens with two attached hydrogens (primary N) is 1. The Hall–Kier alpha value is -1.96. The lowest BCUT2D eigenvalue weighted by Gasteiger charge is -1.88. The van der Waals surface area contributed by atoms with Crippen LogP contribution in [-0.4, -0.2) is 45.6 Å². The average Bonchev–Trinajstić information content (AvgIpc) is 2.23. The molecule has 0 spiro atoms. The van der Waals surface area contributed by atoms with Crippen LogP contribution >= 0.6 is 0 Å². The fraction of sp³-hybridized carbons (Fsp3) is 0.556. The monoisotopic (exact) mass is 249 g/mol. The van der Waals surface area contributed by atoms with E-state index >= 15 is 0 Å². The first-order valence-electron chi connectivity index (χ1n) is 4.71. The Balaban J connectivity index is 0. The summed E-state index contributed by atoms with van der Waals surface area (Å²) in [5.41, 5.74) is 5.01. The molecule has 8 nitrogen and oxygen atoms in total. The summed E-state index contributed by atoms with van der Waals surface area (Å²) in [4.78, 5) is 39.4. The highest BCUT2D eigenvalue weighted by atomic mass is 16.4. The molecule has 0 aliphatic carbocycles. The lowest BCUT2D eigenvalue weighted by molar-refractivity contribution is -0.149. The summed E-state index contributed by atoms with van der Waals surface area (Å²) < 4.78 is 0. The van der Waals surface area contributed by atoms with Crippen LogP contribution < -0.4 is 5.73 Å². The first kappa shape index (κ1) is 17.4. The van der Waals surface area contributed by atoms with Gasteiger partial charge in [0, 0.05) is 12.8 Å². The Morgan fingerprint density at radius 2 is 1.29 bits per heavy atom. The lowest BCUT2D eigenvalue weighted by Crippen LogP contribution is -2.13. The number of hydrogen-bond donors (Lipinski definition) is 4. The van der Waals surface area contributed by atoms with E-state index in [0.717, 1.165) is 0 Å². The number of carbonyl (C=O) groups is 4. The van der Waals surface area contributed by atoms with Crippen LogP contribution in [0.25, 0.3) is 0 Å². The maximum Gasteiger partial charge on any atom is 0.372 e. The van der Waals surface area contributed by atoms with Crippen molar-refractivity contribution in [3.05, 3.63) is 0 Å². The van der Waals surface area contributed by atoms with Gasteiger partial charge in [0.1, 0.15) is 0 Å². The largest absolute Gasteiger partial charge is 0.481 e. The van der Waals surface area contributed by atoms with Crippen molar-refractivity contribution in [3.8, 4) is 0 Å². The third-order valence-electron chi connectivity index (χ3n) is 1.40. The van der Waals surface area contributed by atoms with E-state index in [9.17, 15) is 19.2 Å². The lowest BCUT2D eigenvalue weighted by atomic mass is 10.2. The molecule has 0 fully saturated rings. The zero-order chi connectivity index (χ0) is 13.8. The predicted octanol–water partition coefficient (Wildman–Crippen LogP) is -0.685. The molecule has 5 N–H and O–H groups in total. The normalized spacial score (nSPS) is 8.76. The smallest absolute Gasteiger partial charge is 0.372 e. The average molecular weight is 249 g/mol. The van der Waals surface area contributed by atoms with Crippen molar-refractivity contribution in [2.24, 2.45) is 5.73 Å². The van der Waals surface area contributed by atoms with E-state index in [2.05, 4.69) is 0 Å². The molecule has 0 aliphatic rings. The summed E-state index contributed by atoms with van der Waals surface area (Å²) in [5, 5.41) is 23.9. The predicted molar refractivity (Wildman–Crippen MR) is 55.4 cm³/mol. The summed E-state index contributed by atoms with van der Waals surface area (Å²) in [6, 6.07) is 0. The summed E-state index contributed by atoms with van der Waals surface area (Å²) in [6.07, 6.45) is -0.0956. The zero-order valence-electron chi connectivity index (χ0n) is 9.09. The van der Waals surface area contributed by atoms with Gasteiger partial charge in [-0.05, 0) is 13.0 Å². The molecular formula is C9H15NO7. The second-order valence-electron chi connectivity index (χ2n) is 2.91. The highest BCUT2D eigenvalue weighted by Gasteiger charge is 2.12. The van der Waals surface area contributed by atoms with Crippen LogP contribution in [0.15, 0.2) is 0 Å². The molecule has 17 heavy (non-hydrogen) atoms. The molecule has 0 aromatic carbocycles. The molecule has 0 heterocycles. The van der Waals surface area contributed by atoms with Gasteiger partial charge in [-0.2, -0.15) is 0 Å². The van der Waals surface area contributed by atoms with E-state index in [0.29, 0.717) is 13.0 Å². The molecule has 0 saturated carbocycles. The topological polar surface area (TPSA) is 155 Å². The van der Waals surface area contributed by atoms with E-state index in [-0.39, 0.29) is 6.42 Å². The number of hydrogen-bond acceptors (Lipinski definition) is 5. The number of aliphatic carboxylic acids is 3. The molecule has 0 unspecified atom stereocenters. The number of rotatable bonds is 7. The van der Waals surface area contributed by atoms with E-state index in [1.54, 1.807) is 0 Å². The minimum absolute atomic E-state index is 0.191. The van der Waals surface area contributed by atoms with Gasteiger partial charge < -0.3 is 21.1 Å². The van der Waals surface area contributed by atoms with Crippen molar-refractivity contribution >= 4 is 23.7 Å². The van der Waals surface area contributed by atoms with Crippen LogP contribution in [0, 0.1) is 0 Å². The zero-order valence-corrected chi connectivity index (χ0v) is 9.09. The van der Waals surface area contributed by atoms with Gasteiger partial charge in [-0.25, -0.2) is 4.79 Å². The summed E-state index contributed by atoms with van der Waals surface area (Å²) >= 11 is 0. The standard InChI is InChI=1S/C5H6O5.C4H9NO2/c6-3(5(9)10)1-2-4(7)8;5-3-1-2-4(6)7/h1-2H2,(H,7,8)(H,9,10);1-3,5H2,(H,6,7). The molecule has 0 atom stereocenters. The van der Waals surface area contributed by atoms with E-state index < -0.39 is 36.5 Å². The van der Waals surface area contributed by atoms with Crippen LogP contribution in [0.5, 0.6) is 0 Å². The number of carboxylic acids is 3. The minimum atomic E-state index is -1.58. The molecule has 0 radical (unpaired) electrons. The van der Waals surface area contributed by atoms with E-state index in [1.165, 1.54) is 0 Å². The molecule has 0 aromatic heterocycles. The third kappa shape index (κ3) is 16.7. The first-order chi connectivity index (χ1) is 7.81. The summed E-state index contributed by atoms with van der Waals surface area (Å²) in [6.45, 7) is 0.465. The molecule has 0 aromatic rings. The molecule has 0 amide bonds. The van der Waals surface area contributed by atoms with Crippen LogP contribution in [0.2, 0.25) is 0 Å².